The number of hydrogen-bond donors (Lipinski definition) is 0. The highest BCUT2D eigenvalue weighted by atomic mass is 16.5. The molecule has 55 heavy (non-hydrogen) atoms. The Morgan fingerprint density at radius 3 is 1.38 bits per heavy atom. The van der Waals surface area contributed by atoms with E-state index in [1.165, 1.54) is 14.2 Å². The van der Waals surface area contributed by atoms with Gasteiger partial charge in [0, 0.05) is 37.3 Å². The highest BCUT2D eigenvalue weighted by Gasteiger charge is 2.26. The molecule has 0 amide bonds. The lowest BCUT2D eigenvalue weighted by Gasteiger charge is -2.35. The number of piperidine rings is 2. The van der Waals surface area contributed by atoms with Crippen molar-refractivity contribution in [1.29, 1.82) is 0 Å². The van der Waals surface area contributed by atoms with Gasteiger partial charge >= 0.3 is 11.9 Å². The van der Waals surface area contributed by atoms with Crippen LogP contribution in [-0.4, -0.2) is 127 Å². The van der Waals surface area contributed by atoms with Gasteiger partial charge in [-0.25, -0.2) is 0 Å². The number of ketones is 2. The summed E-state index contributed by atoms with van der Waals surface area (Å²) >= 11 is 0. The third-order valence-electron chi connectivity index (χ3n) is 9.85. The fourth-order valence-electron chi connectivity index (χ4n) is 6.71. The number of rotatable bonds is 24. The van der Waals surface area contributed by atoms with Crippen molar-refractivity contribution in [3.05, 3.63) is 47.5 Å². The van der Waals surface area contributed by atoms with E-state index in [2.05, 4.69) is 9.80 Å². The van der Waals surface area contributed by atoms with E-state index >= 15 is 0 Å². The van der Waals surface area contributed by atoms with Crippen LogP contribution >= 0.6 is 0 Å². The largest absolute Gasteiger partial charge is 0.493 e. The number of carbonyl (C=O) groups excluding carboxylic acids is 4. The monoisotopic (exact) mass is 770 g/mol. The molecule has 14 heteroatoms. The van der Waals surface area contributed by atoms with Crippen LogP contribution in [0.25, 0.3) is 0 Å². The molecule has 304 valence electrons. The summed E-state index contributed by atoms with van der Waals surface area (Å²) in [7, 11) is 6.13. The number of benzene rings is 2. The summed E-state index contributed by atoms with van der Waals surface area (Å²) in [6.45, 7) is 3.02. The Morgan fingerprint density at radius 1 is 0.564 bits per heavy atom. The number of carbonyl (C=O) groups is 4. The number of nitrogens with zero attached hydrogens (tertiary/aromatic N) is 2. The molecule has 2 saturated heterocycles. The normalized spacial score (nSPS) is 17.6. The van der Waals surface area contributed by atoms with Crippen molar-refractivity contribution in [3.8, 4) is 23.0 Å². The first-order valence-electron chi connectivity index (χ1n) is 19.3. The Hall–Kier alpha value is -4.24. The summed E-state index contributed by atoms with van der Waals surface area (Å²) in [4.78, 5) is 54.8. The van der Waals surface area contributed by atoms with E-state index in [0.717, 1.165) is 58.0 Å². The van der Waals surface area contributed by atoms with Crippen molar-refractivity contribution >= 4 is 23.5 Å². The zero-order valence-electron chi connectivity index (χ0n) is 32.8. The van der Waals surface area contributed by atoms with Gasteiger partial charge in [0.15, 0.2) is 34.6 Å². The number of ether oxygens (including phenoxy) is 8. The minimum atomic E-state index is -0.275. The molecule has 0 aliphatic carbocycles. The molecule has 2 aliphatic heterocycles. The minimum absolute atomic E-state index is 0.0724. The third-order valence-corrected chi connectivity index (χ3v) is 9.85. The second-order valence-corrected chi connectivity index (χ2v) is 13.6. The van der Waals surface area contributed by atoms with Gasteiger partial charge in [0.25, 0.3) is 0 Å². The molecule has 2 heterocycles. The van der Waals surface area contributed by atoms with Crippen molar-refractivity contribution in [2.45, 2.75) is 83.1 Å². The predicted molar refractivity (Wildman–Crippen MR) is 203 cm³/mol. The van der Waals surface area contributed by atoms with Crippen LogP contribution in [0.2, 0.25) is 0 Å². The lowest BCUT2D eigenvalue weighted by atomic mass is 10.1. The Labute approximate surface area is 324 Å². The van der Waals surface area contributed by atoms with E-state index < -0.39 is 0 Å². The molecular weight excluding hydrogens is 712 g/mol. The number of hydrogen-bond acceptors (Lipinski definition) is 14. The molecule has 0 spiro atoms. The molecule has 2 aliphatic rings. The number of likely N-dealkylation sites (tertiary alicyclic amines) is 2. The van der Waals surface area contributed by atoms with Gasteiger partial charge < -0.3 is 37.9 Å². The molecule has 14 nitrogen and oxygen atoms in total. The SMILES string of the molecule is COc1ccc(C(=O)COC2CCCCN2CCC(=O)OCCCCCOC(=O)CCN2CCCCC2OCC(=O)c2ccc(OC)c(OC)c2)cc1OC. The van der Waals surface area contributed by atoms with Crippen molar-refractivity contribution < 1.29 is 57.1 Å². The smallest absolute Gasteiger partial charge is 0.307 e. The Kier molecular flexibility index (Phi) is 18.7. The van der Waals surface area contributed by atoms with Crippen LogP contribution in [0.1, 0.15) is 91.3 Å². The van der Waals surface area contributed by atoms with Crippen LogP contribution in [0.3, 0.4) is 0 Å². The third kappa shape index (κ3) is 14.1. The summed E-state index contributed by atoms with van der Waals surface area (Å²) in [6.07, 6.45) is 7.65. The zero-order valence-corrected chi connectivity index (χ0v) is 32.8. The van der Waals surface area contributed by atoms with Crippen LogP contribution in [-0.2, 0) is 28.5 Å². The molecule has 2 unspecified atom stereocenters. The highest BCUT2D eigenvalue weighted by molar-refractivity contribution is 5.98. The average molecular weight is 771 g/mol. The molecule has 0 radical (unpaired) electrons. The second-order valence-electron chi connectivity index (χ2n) is 13.6. The van der Waals surface area contributed by atoms with Gasteiger partial charge in [0.1, 0.15) is 25.7 Å². The summed E-state index contributed by atoms with van der Waals surface area (Å²) in [5, 5.41) is 0. The Balaban J connectivity index is 1.05. The highest BCUT2D eigenvalue weighted by Crippen LogP contribution is 2.29. The molecule has 0 N–H and O–H groups in total. The molecule has 0 saturated carbocycles. The maximum absolute atomic E-state index is 12.8. The number of Topliss-reactive ketones (excluding diaryl/α,β-unsaturated/α-hetero) is 2. The fourth-order valence-corrected chi connectivity index (χ4v) is 6.71. The standard InChI is InChI=1S/C41H58N2O12/c1-48-34-16-14-30(26-36(34)50-3)32(44)28-54-38-12-6-8-20-42(38)22-18-40(46)52-24-10-5-11-25-53-41(47)19-23-43-21-9-7-13-39(43)55-29-33(45)31-15-17-35(49-2)37(27-31)51-4/h14-17,26-27,38-39H,5-13,18-25,28-29H2,1-4H3. The topological polar surface area (TPSA) is 149 Å². The van der Waals surface area contributed by atoms with Crippen molar-refractivity contribution in [2.24, 2.45) is 0 Å². The molecular formula is C41H58N2O12. The second kappa shape index (κ2) is 23.6. The van der Waals surface area contributed by atoms with E-state index in [1.54, 1.807) is 50.6 Å². The van der Waals surface area contributed by atoms with E-state index in [1.807, 2.05) is 0 Å². The predicted octanol–water partition coefficient (Wildman–Crippen LogP) is 5.48. The lowest BCUT2D eigenvalue weighted by molar-refractivity contribution is -0.145. The molecule has 0 bridgehead atoms. The average Bonchev–Trinajstić information content (AvgIpc) is 3.22. The van der Waals surface area contributed by atoms with Gasteiger partial charge in [-0.05, 0) is 94.2 Å². The van der Waals surface area contributed by atoms with E-state index in [9.17, 15) is 19.2 Å². The van der Waals surface area contributed by atoms with Crippen molar-refractivity contribution in [2.75, 3.05) is 81.0 Å². The quantitative estimate of drug-likeness (QED) is 0.0754. The summed E-state index contributed by atoms with van der Waals surface area (Å²) < 4.78 is 44.0. The molecule has 0 aromatic heterocycles. The molecule has 4 rings (SSSR count). The molecule has 2 atom stereocenters. The zero-order chi connectivity index (χ0) is 39.4. The Morgan fingerprint density at radius 2 is 0.982 bits per heavy atom. The maximum Gasteiger partial charge on any atom is 0.307 e. The van der Waals surface area contributed by atoms with Crippen LogP contribution in [0, 0.1) is 0 Å². The molecule has 2 aromatic rings. The van der Waals surface area contributed by atoms with Crippen molar-refractivity contribution in [1.82, 2.24) is 9.80 Å². The van der Waals surface area contributed by atoms with Gasteiger partial charge in [-0.2, -0.15) is 0 Å². The lowest BCUT2D eigenvalue weighted by Crippen LogP contribution is -2.43. The van der Waals surface area contributed by atoms with E-state index in [4.69, 9.17) is 37.9 Å². The molecule has 2 aromatic carbocycles. The Bertz CT molecular complexity index is 1420. The van der Waals surface area contributed by atoms with Crippen molar-refractivity contribution in [3.63, 3.8) is 0 Å². The first kappa shape index (κ1) is 43.5. The number of unbranched alkanes of at least 4 members (excludes halogenated alkanes) is 2. The first-order chi connectivity index (χ1) is 26.8. The first-order valence-corrected chi connectivity index (χ1v) is 19.3. The van der Waals surface area contributed by atoms with Gasteiger partial charge in [0.2, 0.25) is 0 Å². The number of methoxy groups -OCH3 is 4. The van der Waals surface area contributed by atoms with E-state index in [0.29, 0.717) is 73.3 Å². The summed E-state index contributed by atoms with van der Waals surface area (Å²) in [5.41, 5.74) is 0.963. The minimum Gasteiger partial charge on any atom is -0.493 e. The maximum atomic E-state index is 12.8. The fraction of sp³-hybridized carbons (Fsp3) is 0.610. The van der Waals surface area contributed by atoms with E-state index in [-0.39, 0.29) is 62.0 Å². The van der Waals surface area contributed by atoms with Crippen LogP contribution < -0.4 is 18.9 Å². The van der Waals surface area contributed by atoms with Gasteiger partial charge in [-0.1, -0.05) is 0 Å². The van der Waals surface area contributed by atoms with Crippen LogP contribution in [0.5, 0.6) is 23.0 Å². The van der Waals surface area contributed by atoms with Gasteiger partial charge in [-0.15, -0.1) is 0 Å². The number of esters is 2. The van der Waals surface area contributed by atoms with Gasteiger partial charge in [-0.3, -0.25) is 29.0 Å². The molecule has 2 fully saturated rings. The van der Waals surface area contributed by atoms with Gasteiger partial charge in [0.05, 0.1) is 54.5 Å². The van der Waals surface area contributed by atoms with Crippen LogP contribution in [0.15, 0.2) is 36.4 Å². The summed E-state index contributed by atoms with van der Waals surface area (Å²) in [5.74, 6) is 1.20. The summed E-state index contributed by atoms with van der Waals surface area (Å²) in [6, 6.07) is 10.1. The van der Waals surface area contributed by atoms with Crippen LogP contribution in [0.4, 0.5) is 0 Å².